The van der Waals surface area contributed by atoms with Gasteiger partial charge in [-0.2, -0.15) is 0 Å². The maximum atomic E-state index is 11.4. The molecule has 0 saturated heterocycles. The van der Waals surface area contributed by atoms with Crippen LogP contribution >= 0.6 is 0 Å². The summed E-state index contributed by atoms with van der Waals surface area (Å²) in [6, 6.07) is 10.7. The molecular formula is C21H31NO3Si. The zero-order chi connectivity index (χ0) is 19.4. The third kappa shape index (κ3) is 7.00. The van der Waals surface area contributed by atoms with Crippen LogP contribution in [0.5, 0.6) is 0 Å². The fourth-order valence-electron chi connectivity index (χ4n) is 2.97. The molecule has 0 aliphatic carbocycles. The summed E-state index contributed by atoms with van der Waals surface area (Å²) in [5.74, 6) is -0.328. The molecule has 0 fully saturated rings. The summed E-state index contributed by atoms with van der Waals surface area (Å²) in [5.41, 5.74) is 1.35. The van der Waals surface area contributed by atoms with Crippen LogP contribution in [0.25, 0.3) is 0 Å². The molecule has 0 aromatic heterocycles. The first-order valence-electron chi connectivity index (χ1n) is 9.06. The molecule has 0 aliphatic rings. The van der Waals surface area contributed by atoms with Crippen molar-refractivity contribution < 1.29 is 14.4 Å². The normalized spacial score (nSPS) is 13.5. The number of carbonyl (C=O) groups is 1. The molecule has 0 heterocycles. The molecule has 1 aromatic carbocycles. The number of nitrogens with zero attached hydrogens (tertiary/aromatic N) is 1. The highest BCUT2D eigenvalue weighted by molar-refractivity contribution is 6.91. The fraction of sp³-hybridized carbons (Fsp3) is 0.429. The SMILES string of the molecule is C=C[C@H](CC/C(C/C=C/C(=O)OCC)=N\OC)[Si](C)(C)c1ccccc1. The molecule has 1 rings (SSSR count). The monoisotopic (exact) mass is 373 g/mol. The Kier molecular flexibility index (Phi) is 9.66. The Hall–Kier alpha value is -2.14. The number of rotatable bonds is 11. The zero-order valence-corrected chi connectivity index (χ0v) is 17.4. The Morgan fingerprint density at radius 1 is 1.31 bits per heavy atom. The summed E-state index contributed by atoms with van der Waals surface area (Å²) in [5, 5.41) is 5.55. The highest BCUT2D eigenvalue weighted by atomic mass is 28.3. The molecular weight excluding hydrogens is 342 g/mol. The Bertz CT molecular complexity index is 623. The van der Waals surface area contributed by atoms with E-state index in [4.69, 9.17) is 9.57 Å². The van der Waals surface area contributed by atoms with Crippen LogP contribution in [0.3, 0.4) is 0 Å². The van der Waals surface area contributed by atoms with E-state index in [1.54, 1.807) is 20.1 Å². The molecule has 0 radical (unpaired) electrons. The van der Waals surface area contributed by atoms with Crippen LogP contribution < -0.4 is 5.19 Å². The average molecular weight is 374 g/mol. The van der Waals surface area contributed by atoms with E-state index in [9.17, 15) is 4.79 Å². The van der Waals surface area contributed by atoms with Crippen LogP contribution in [-0.4, -0.2) is 33.5 Å². The summed E-state index contributed by atoms with van der Waals surface area (Å²) in [6.07, 6.45) is 7.65. The highest BCUT2D eigenvalue weighted by Crippen LogP contribution is 2.28. The van der Waals surface area contributed by atoms with Crippen molar-refractivity contribution in [2.45, 2.75) is 44.8 Å². The predicted octanol–water partition coefficient (Wildman–Crippen LogP) is 4.45. The largest absolute Gasteiger partial charge is 0.463 e. The van der Waals surface area contributed by atoms with Crippen molar-refractivity contribution >= 4 is 24.9 Å². The third-order valence-corrected chi connectivity index (χ3v) is 8.79. The summed E-state index contributed by atoms with van der Waals surface area (Å²) in [6.45, 7) is 11.0. The molecule has 1 atom stereocenters. The van der Waals surface area contributed by atoms with E-state index in [-0.39, 0.29) is 5.97 Å². The number of allylic oxidation sites excluding steroid dienone is 2. The van der Waals surface area contributed by atoms with E-state index >= 15 is 0 Å². The van der Waals surface area contributed by atoms with Gasteiger partial charge >= 0.3 is 5.97 Å². The Morgan fingerprint density at radius 2 is 2.00 bits per heavy atom. The molecule has 4 nitrogen and oxygen atoms in total. The molecule has 0 bridgehead atoms. The maximum absolute atomic E-state index is 11.4. The van der Waals surface area contributed by atoms with Crippen molar-refractivity contribution in [3.63, 3.8) is 0 Å². The van der Waals surface area contributed by atoms with Crippen LogP contribution in [-0.2, 0) is 14.4 Å². The maximum Gasteiger partial charge on any atom is 0.330 e. The first kappa shape index (κ1) is 21.9. The third-order valence-electron chi connectivity index (χ3n) is 4.59. The first-order valence-corrected chi connectivity index (χ1v) is 12.1. The van der Waals surface area contributed by atoms with Crippen molar-refractivity contribution in [2.75, 3.05) is 13.7 Å². The van der Waals surface area contributed by atoms with Crippen LogP contribution in [0, 0.1) is 0 Å². The van der Waals surface area contributed by atoms with Gasteiger partial charge in [-0.3, -0.25) is 0 Å². The summed E-state index contributed by atoms with van der Waals surface area (Å²) >= 11 is 0. The van der Waals surface area contributed by atoms with Gasteiger partial charge in [-0.15, -0.1) is 6.58 Å². The van der Waals surface area contributed by atoms with Gasteiger partial charge in [0.25, 0.3) is 0 Å². The highest BCUT2D eigenvalue weighted by Gasteiger charge is 2.31. The number of oxime groups is 1. The molecule has 0 aliphatic heterocycles. The van der Waals surface area contributed by atoms with Gasteiger partial charge in [0.2, 0.25) is 0 Å². The molecule has 26 heavy (non-hydrogen) atoms. The number of hydrogen-bond acceptors (Lipinski definition) is 4. The lowest BCUT2D eigenvalue weighted by atomic mass is 10.1. The van der Waals surface area contributed by atoms with Gasteiger partial charge in [-0.05, 0) is 25.3 Å². The van der Waals surface area contributed by atoms with E-state index in [0.29, 0.717) is 18.6 Å². The van der Waals surface area contributed by atoms with Crippen molar-refractivity contribution in [3.8, 4) is 0 Å². The van der Waals surface area contributed by atoms with Crippen molar-refractivity contribution in [2.24, 2.45) is 5.16 Å². The number of hydrogen-bond donors (Lipinski definition) is 0. The quantitative estimate of drug-likeness (QED) is 0.144. The second-order valence-corrected chi connectivity index (χ2v) is 11.4. The van der Waals surface area contributed by atoms with Crippen molar-refractivity contribution in [1.82, 2.24) is 0 Å². The number of ether oxygens (including phenoxy) is 1. The zero-order valence-electron chi connectivity index (χ0n) is 16.4. The predicted molar refractivity (Wildman–Crippen MR) is 112 cm³/mol. The second-order valence-electron chi connectivity index (χ2n) is 6.67. The van der Waals surface area contributed by atoms with Gasteiger partial charge in [0, 0.05) is 12.5 Å². The molecule has 1 aromatic rings. The van der Waals surface area contributed by atoms with Crippen LogP contribution in [0.15, 0.2) is 60.3 Å². The van der Waals surface area contributed by atoms with Gasteiger partial charge in [0.1, 0.15) is 7.11 Å². The van der Waals surface area contributed by atoms with Gasteiger partial charge < -0.3 is 9.57 Å². The number of benzene rings is 1. The van der Waals surface area contributed by atoms with E-state index in [2.05, 4.69) is 61.2 Å². The van der Waals surface area contributed by atoms with Crippen LogP contribution in [0.1, 0.15) is 26.2 Å². The van der Waals surface area contributed by atoms with Crippen LogP contribution in [0.4, 0.5) is 0 Å². The van der Waals surface area contributed by atoms with Gasteiger partial charge in [0.05, 0.1) is 20.4 Å². The lowest BCUT2D eigenvalue weighted by Gasteiger charge is -2.31. The molecule has 142 valence electrons. The molecule has 0 spiro atoms. The Morgan fingerprint density at radius 3 is 2.58 bits per heavy atom. The minimum absolute atomic E-state index is 0.328. The van der Waals surface area contributed by atoms with Gasteiger partial charge in [0.15, 0.2) is 0 Å². The first-order chi connectivity index (χ1) is 12.5. The average Bonchev–Trinajstić information content (AvgIpc) is 2.63. The lowest BCUT2D eigenvalue weighted by molar-refractivity contribution is -0.137. The number of esters is 1. The lowest BCUT2D eigenvalue weighted by Crippen LogP contribution is -2.45. The Labute approximate surface area is 158 Å². The minimum Gasteiger partial charge on any atom is -0.463 e. The standard InChI is InChI=1S/C21H31NO3Si/c1-6-19(26(4,5)20-13-9-8-10-14-20)17-16-18(22-24-3)12-11-15-21(23)25-7-2/h6,8-11,13-15,19H,1,7,12,16-17H2,2-5H3/b15-11+,22-18-/t19-/m1/s1. The van der Waals surface area contributed by atoms with Crippen LogP contribution in [0.2, 0.25) is 18.6 Å². The van der Waals surface area contributed by atoms with Gasteiger partial charge in [-0.1, -0.05) is 65.9 Å². The molecule has 5 heteroatoms. The Balaban J connectivity index is 2.72. The molecule has 0 amide bonds. The van der Waals surface area contributed by atoms with Gasteiger partial charge in [-0.25, -0.2) is 4.79 Å². The number of carbonyl (C=O) groups excluding carboxylic acids is 1. The summed E-state index contributed by atoms with van der Waals surface area (Å²) in [4.78, 5) is 16.4. The minimum atomic E-state index is -1.66. The van der Waals surface area contributed by atoms with E-state index in [1.165, 1.54) is 11.3 Å². The van der Waals surface area contributed by atoms with E-state index in [0.717, 1.165) is 18.6 Å². The van der Waals surface area contributed by atoms with Crippen molar-refractivity contribution in [3.05, 3.63) is 55.1 Å². The molecule has 0 unspecified atom stereocenters. The fourth-order valence-corrected chi connectivity index (χ4v) is 5.91. The molecule has 0 N–H and O–H groups in total. The van der Waals surface area contributed by atoms with Crippen molar-refractivity contribution in [1.29, 1.82) is 0 Å². The second kappa shape index (κ2) is 11.5. The smallest absolute Gasteiger partial charge is 0.330 e. The summed E-state index contributed by atoms with van der Waals surface area (Å²) < 4.78 is 4.89. The van der Waals surface area contributed by atoms with E-state index in [1.807, 2.05) is 0 Å². The topological polar surface area (TPSA) is 47.9 Å². The van der Waals surface area contributed by atoms with E-state index < -0.39 is 8.07 Å². The molecule has 0 saturated carbocycles. The summed E-state index contributed by atoms with van der Waals surface area (Å²) in [7, 11) is -0.120.